The maximum Gasteiger partial charge on any atom is 0.00673 e. The quantitative estimate of drug-likeness (QED) is 0.717. The second-order valence-electron chi connectivity index (χ2n) is 5.14. The molecule has 1 atom stereocenters. The van der Waals surface area contributed by atoms with Crippen molar-refractivity contribution in [3.05, 3.63) is 0 Å². The first-order chi connectivity index (χ1) is 6.85. The zero-order valence-electron chi connectivity index (χ0n) is 9.44. The number of hydrogen-bond donors (Lipinski definition) is 2. The zero-order valence-corrected chi connectivity index (χ0v) is 9.44. The molecule has 1 aliphatic heterocycles. The molecule has 2 heteroatoms. The summed E-state index contributed by atoms with van der Waals surface area (Å²) in [7, 11) is 0. The summed E-state index contributed by atoms with van der Waals surface area (Å²) in [5, 5.41) is 7.29. The van der Waals surface area contributed by atoms with E-state index in [-0.39, 0.29) is 0 Å². The fourth-order valence-corrected chi connectivity index (χ4v) is 2.58. The van der Waals surface area contributed by atoms with E-state index in [1.165, 1.54) is 58.2 Å². The normalized spacial score (nSPS) is 34.1. The van der Waals surface area contributed by atoms with Gasteiger partial charge in [0.1, 0.15) is 0 Å². The molecule has 2 N–H and O–H groups in total. The van der Waals surface area contributed by atoms with Crippen molar-refractivity contribution in [2.75, 3.05) is 19.6 Å². The molecule has 0 radical (unpaired) electrons. The van der Waals surface area contributed by atoms with Gasteiger partial charge >= 0.3 is 0 Å². The van der Waals surface area contributed by atoms with E-state index >= 15 is 0 Å². The van der Waals surface area contributed by atoms with Gasteiger partial charge in [-0.3, -0.25) is 0 Å². The largest absolute Gasteiger partial charge is 0.316 e. The topological polar surface area (TPSA) is 24.1 Å². The monoisotopic (exact) mass is 196 g/mol. The summed E-state index contributed by atoms with van der Waals surface area (Å²) in [5.74, 6) is 0. The predicted molar refractivity (Wildman–Crippen MR) is 60.5 cm³/mol. The highest BCUT2D eigenvalue weighted by Crippen LogP contribution is 2.30. The minimum absolute atomic E-state index is 0.563. The van der Waals surface area contributed by atoms with Crippen molar-refractivity contribution >= 4 is 0 Å². The van der Waals surface area contributed by atoms with E-state index in [0.29, 0.717) is 5.41 Å². The molecule has 0 aromatic heterocycles. The highest BCUT2D eigenvalue weighted by Gasteiger charge is 2.31. The summed E-state index contributed by atoms with van der Waals surface area (Å²) in [5.41, 5.74) is 0.563. The van der Waals surface area contributed by atoms with Crippen molar-refractivity contribution in [3.63, 3.8) is 0 Å². The molecule has 1 unspecified atom stereocenters. The molecular weight excluding hydrogens is 172 g/mol. The third-order valence-corrected chi connectivity index (χ3v) is 4.18. The first kappa shape index (κ1) is 10.4. The van der Waals surface area contributed by atoms with E-state index in [9.17, 15) is 0 Å². The SMILES string of the molecule is CCC1(CNC2CCC2)CCCNC1. The first-order valence-corrected chi connectivity index (χ1v) is 6.29. The Morgan fingerprint density at radius 2 is 2.21 bits per heavy atom. The van der Waals surface area contributed by atoms with E-state index in [0.717, 1.165) is 6.04 Å². The third kappa shape index (κ3) is 2.29. The lowest BCUT2D eigenvalue weighted by molar-refractivity contribution is 0.173. The van der Waals surface area contributed by atoms with Crippen LogP contribution in [0.25, 0.3) is 0 Å². The number of hydrogen-bond acceptors (Lipinski definition) is 2. The molecule has 2 rings (SSSR count). The van der Waals surface area contributed by atoms with Gasteiger partial charge in [0.05, 0.1) is 0 Å². The minimum atomic E-state index is 0.563. The van der Waals surface area contributed by atoms with Gasteiger partial charge in [0.15, 0.2) is 0 Å². The van der Waals surface area contributed by atoms with Crippen LogP contribution in [0.3, 0.4) is 0 Å². The lowest BCUT2D eigenvalue weighted by atomic mass is 9.77. The summed E-state index contributed by atoms with van der Waals surface area (Å²) < 4.78 is 0. The lowest BCUT2D eigenvalue weighted by Crippen LogP contribution is -2.49. The predicted octanol–water partition coefficient (Wildman–Crippen LogP) is 1.91. The van der Waals surface area contributed by atoms with Crippen molar-refractivity contribution in [3.8, 4) is 0 Å². The third-order valence-electron chi connectivity index (χ3n) is 4.18. The second-order valence-corrected chi connectivity index (χ2v) is 5.14. The molecule has 1 heterocycles. The van der Waals surface area contributed by atoms with Crippen molar-refractivity contribution in [1.29, 1.82) is 0 Å². The van der Waals surface area contributed by atoms with E-state index < -0.39 is 0 Å². The molecule has 1 saturated carbocycles. The molecule has 2 aliphatic rings. The Hall–Kier alpha value is -0.0800. The molecule has 0 bridgehead atoms. The van der Waals surface area contributed by atoms with Crippen LogP contribution >= 0.6 is 0 Å². The van der Waals surface area contributed by atoms with Crippen molar-refractivity contribution < 1.29 is 0 Å². The highest BCUT2D eigenvalue weighted by atomic mass is 15.0. The maximum atomic E-state index is 3.74. The summed E-state index contributed by atoms with van der Waals surface area (Å²) in [6, 6.07) is 0.848. The maximum absolute atomic E-state index is 3.74. The molecule has 2 nitrogen and oxygen atoms in total. The standard InChI is InChI=1S/C12H24N2/c1-2-12(7-4-8-13-9-12)10-14-11-5-3-6-11/h11,13-14H,2-10H2,1H3. The van der Waals surface area contributed by atoms with Gasteiger partial charge in [-0.25, -0.2) is 0 Å². The van der Waals surface area contributed by atoms with Crippen LogP contribution in [0, 0.1) is 5.41 Å². The molecular formula is C12H24N2. The smallest absolute Gasteiger partial charge is 0.00673 e. The van der Waals surface area contributed by atoms with Crippen LogP contribution in [0.2, 0.25) is 0 Å². The van der Waals surface area contributed by atoms with E-state index in [4.69, 9.17) is 0 Å². The second kappa shape index (κ2) is 4.63. The van der Waals surface area contributed by atoms with Crippen LogP contribution in [-0.2, 0) is 0 Å². The molecule has 0 aromatic rings. The van der Waals surface area contributed by atoms with E-state index in [2.05, 4.69) is 17.6 Å². The van der Waals surface area contributed by atoms with Crippen LogP contribution in [0.5, 0.6) is 0 Å². The average molecular weight is 196 g/mol. The highest BCUT2D eigenvalue weighted by molar-refractivity contribution is 4.88. The van der Waals surface area contributed by atoms with Gasteiger partial charge in [0.2, 0.25) is 0 Å². The van der Waals surface area contributed by atoms with Crippen molar-refractivity contribution in [2.24, 2.45) is 5.41 Å². The van der Waals surface area contributed by atoms with Gasteiger partial charge in [0.25, 0.3) is 0 Å². The average Bonchev–Trinajstić information content (AvgIpc) is 2.17. The summed E-state index contributed by atoms with van der Waals surface area (Å²) in [6.07, 6.45) is 8.35. The van der Waals surface area contributed by atoms with E-state index in [1.54, 1.807) is 0 Å². The van der Waals surface area contributed by atoms with Gasteiger partial charge in [0, 0.05) is 19.1 Å². The Labute approximate surface area is 87.8 Å². The Kier molecular flexibility index (Phi) is 3.45. The molecule has 1 saturated heterocycles. The molecule has 14 heavy (non-hydrogen) atoms. The van der Waals surface area contributed by atoms with Crippen molar-refractivity contribution in [2.45, 2.75) is 51.5 Å². The number of piperidine rings is 1. The Balaban J connectivity index is 1.77. The molecule has 0 aromatic carbocycles. The van der Waals surface area contributed by atoms with Gasteiger partial charge in [-0.15, -0.1) is 0 Å². The molecule has 82 valence electrons. The van der Waals surface area contributed by atoms with Crippen LogP contribution in [0.4, 0.5) is 0 Å². The minimum Gasteiger partial charge on any atom is -0.316 e. The Morgan fingerprint density at radius 3 is 2.71 bits per heavy atom. The fraction of sp³-hybridized carbons (Fsp3) is 1.00. The Bertz CT molecular complexity index is 169. The lowest BCUT2D eigenvalue weighted by Gasteiger charge is -2.39. The van der Waals surface area contributed by atoms with E-state index in [1.807, 2.05) is 0 Å². The summed E-state index contributed by atoms with van der Waals surface area (Å²) >= 11 is 0. The fourth-order valence-electron chi connectivity index (χ4n) is 2.58. The van der Waals surface area contributed by atoms with Crippen LogP contribution < -0.4 is 10.6 Å². The molecule has 1 aliphatic carbocycles. The summed E-state index contributed by atoms with van der Waals surface area (Å²) in [4.78, 5) is 0. The first-order valence-electron chi connectivity index (χ1n) is 6.29. The van der Waals surface area contributed by atoms with Gasteiger partial charge in [-0.05, 0) is 44.1 Å². The number of rotatable bonds is 4. The number of nitrogens with one attached hydrogen (secondary N) is 2. The molecule has 2 fully saturated rings. The van der Waals surface area contributed by atoms with Gasteiger partial charge in [-0.2, -0.15) is 0 Å². The molecule has 0 amide bonds. The van der Waals surface area contributed by atoms with Gasteiger partial charge in [-0.1, -0.05) is 13.3 Å². The zero-order chi connectivity index (χ0) is 9.86. The van der Waals surface area contributed by atoms with Gasteiger partial charge < -0.3 is 10.6 Å². The van der Waals surface area contributed by atoms with Crippen LogP contribution in [0.15, 0.2) is 0 Å². The summed E-state index contributed by atoms with van der Waals surface area (Å²) in [6.45, 7) is 6.03. The van der Waals surface area contributed by atoms with Crippen LogP contribution in [-0.4, -0.2) is 25.7 Å². The molecule has 0 spiro atoms. The Morgan fingerprint density at radius 1 is 1.36 bits per heavy atom. The van der Waals surface area contributed by atoms with Crippen molar-refractivity contribution in [1.82, 2.24) is 10.6 Å². The van der Waals surface area contributed by atoms with Crippen LogP contribution in [0.1, 0.15) is 45.4 Å².